The van der Waals surface area contributed by atoms with Crippen LogP contribution in [0.15, 0.2) is 95.0 Å². The van der Waals surface area contributed by atoms with Crippen LogP contribution in [0.4, 0.5) is 0 Å². The molecule has 0 spiro atoms. The van der Waals surface area contributed by atoms with E-state index in [0.29, 0.717) is 5.95 Å². The van der Waals surface area contributed by atoms with Crippen molar-refractivity contribution in [3.63, 3.8) is 0 Å². The number of hydrogen-bond acceptors (Lipinski definition) is 3. The summed E-state index contributed by atoms with van der Waals surface area (Å²) < 4.78 is 10.8. The smallest absolute Gasteiger partial charge is 0.284 e. The number of ether oxygens (including phenoxy) is 1. The van der Waals surface area contributed by atoms with Gasteiger partial charge in [0.15, 0.2) is 0 Å². The second-order valence-corrected chi connectivity index (χ2v) is 8.10. The Morgan fingerprint density at radius 3 is 1.94 bits per heavy atom. The fourth-order valence-corrected chi connectivity index (χ4v) is 4.02. The molecule has 0 N–H and O–H groups in total. The zero-order chi connectivity index (χ0) is 24.2. The van der Waals surface area contributed by atoms with Crippen molar-refractivity contribution in [3.8, 4) is 23.3 Å². The van der Waals surface area contributed by atoms with E-state index in [-0.39, 0.29) is 5.70 Å². The van der Waals surface area contributed by atoms with Gasteiger partial charge in [0.05, 0.1) is 19.8 Å². The standard InChI is InChI=1S/C31H20N2O2/c1-33-29(20-32)18-23-7-10-24-15-21(5-8-25(24)17-23)3-4-22-6-9-27-19-28(12-11-26(27)16-22)30-13-14-31(34-2)35-30/h3-19H,2H3/b4-3+,29-18-. The van der Waals surface area contributed by atoms with E-state index in [1.807, 2.05) is 36.4 Å². The summed E-state index contributed by atoms with van der Waals surface area (Å²) >= 11 is 0. The maximum Gasteiger partial charge on any atom is 0.284 e. The Balaban J connectivity index is 1.37. The monoisotopic (exact) mass is 452 g/mol. The van der Waals surface area contributed by atoms with Crippen molar-refractivity contribution < 1.29 is 9.15 Å². The molecule has 0 bridgehead atoms. The first-order valence-corrected chi connectivity index (χ1v) is 11.0. The number of hydrogen-bond donors (Lipinski definition) is 0. The van der Waals surface area contributed by atoms with Crippen molar-refractivity contribution in [2.24, 2.45) is 0 Å². The summed E-state index contributed by atoms with van der Waals surface area (Å²) in [7, 11) is 1.59. The number of allylic oxidation sites excluding steroid dienone is 1. The summed E-state index contributed by atoms with van der Waals surface area (Å²) in [4.78, 5) is 3.22. The molecule has 0 radical (unpaired) electrons. The number of nitrogens with zero attached hydrogens (tertiary/aromatic N) is 2. The average molecular weight is 453 g/mol. The van der Waals surface area contributed by atoms with Crippen LogP contribution in [0.1, 0.15) is 16.7 Å². The largest absolute Gasteiger partial charge is 0.468 e. The van der Waals surface area contributed by atoms with Crippen molar-refractivity contribution in [2.75, 3.05) is 7.11 Å². The lowest BCUT2D eigenvalue weighted by atomic mass is 10.0. The number of benzene rings is 4. The van der Waals surface area contributed by atoms with Gasteiger partial charge in [-0.15, -0.1) is 0 Å². The molecule has 166 valence electrons. The van der Waals surface area contributed by atoms with Gasteiger partial charge in [0, 0.05) is 11.6 Å². The molecule has 5 aromatic rings. The van der Waals surface area contributed by atoms with Crippen LogP contribution >= 0.6 is 0 Å². The van der Waals surface area contributed by atoms with Gasteiger partial charge in [0.25, 0.3) is 11.6 Å². The van der Waals surface area contributed by atoms with Gasteiger partial charge in [-0.2, -0.15) is 0 Å². The molecule has 0 aliphatic heterocycles. The molecule has 35 heavy (non-hydrogen) atoms. The number of rotatable bonds is 5. The Morgan fingerprint density at radius 1 is 0.800 bits per heavy atom. The highest BCUT2D eigenvalue weighted by Crippen LogP contribution is 2.29. The van der Waals surface area contributed by atoms with Gasteiger partial charge in [0.2, 0.25) is 0 Å². The highest BCUT2D eigenvalue weighted by molar-refractivity contribution is 5.91. The molecule has 0 amide bonds. The van der Waals surface area contributed by atoms with Gasteiger partial charge < -0.3 is 9.15 Å². The zero-order valence-electron chi connectivity index (χ0n) is 19.0. The molecule has 0 saturated carbocycles. The molecule has 1 heterocycles. The first kappa shape index (κ1) is 21.8. The number of methoxy groups -OCH3 is 1. The summed E-state index contributed by atoms with van der Waals surface area (Å²) in [6, 6.07) is 30.5. The van der Waals surface area contributed by atoms with E-state index in [0.717, 1.165) is 49.6 Å². The van der Waals surface area contributed by atoms with Crippen molar-refractivity contribution >= 4 is 39.8 Å². The Bertz CT molecular complexity index is 1690. The highest BCUT2D eigenvalue weighted by Gasteiger charge is 2.06. The maximum absolute atomic E-state index is 8.97. The quantitative estimate of drug-likeness (QED) is 0.153. The molecule has 4 aromatic carbocycles. The van der Waals surface area contributed by atoms with Crippen molar-refractivity contribution in [2.45, 2.75) is 0 Å². The predicted octanol–water partition coefficient (Wildman–Crippen LogP) is 8.22. The van der Waals surface area contributed by atoms with Crippen LogP contribution in [-0.2, 0) is 0 Å². The Morgan fingerprint density at radius 2 is 1.37 bits per heavy atom. The number of fused-ring (bicyclic) bond motifs is 2. The molecule has 0 unspecified atom stereocenters. The Kier molecular flexibility index (Phi) is 5.87. The Hall–Kier alpha value is -5.06. The normalized spacial score (nSPS) is 11.6. The lowest BCUT2D eigenvalue weighted by Crippen LogP contribution is -1.81. The molecule has 4 nitrogen and oxygen atoms in total. The minimum Gasteiger partial charge on any atom is -0.468 e. The molecular formula is C31H20N2O2. The molecule has 1 aromatic heterocycles. The number of nitriles is 1. The third-order valence-electron chi connectivity index (χ3n) is 5.83. The molecular weight excluding hydrogens is 432 g/mol. The van der Waals surface area contributed by atoms with Crippen LogP contribution in [0.5, 0.6) is 5.95 Å². The van der Waals surface area contributed by atoms with E-state index < -0.39 is 0 Å². The molecule has 0 atom stereocenters. The molecule has 0 fully saturated rings. The van der Waals surface area contributed by atoms with E-state index in [9.17, 15) is 0 Å². The Labute approximate surface area is 203 Å². The fourth-order valence-electron chi connectivity index (χ4n) is 4.02. The fraction of sp³-hybridized carbons (Fsp3) is 0.0323. The van der Waals surface area contributed by atoms with Crippen LogP contribution < -0.4 is 4.74 Å². The third-order valence-corrected chi connectivity index (χ3v) is 5.83. The lowest BCUT2D eigenvalue weighted by Gasteiger charge is -2.04. The van der Waals surface area contributed by atoms with Gasteiger partial charge in [0.1, 0.15) is 5.76 Å². The van der Waals surface area contributed by atoms with Gasteiger partial charge in [-0.1, -0.05) is 60.7 Å². The molecule has 5 rings (SSSR count). The topological polar surface area (TPSA) is 50.5 Å². The van der Waals surface area contributed by atoms with Gasteiger partial charge >= 0.3 is 0 Å². The van der Waals surface area contributed by atoms with Crippen LogP contribution in [0.3, 0.4) is 0 Å². The predicted molar refractivity (Wildman–Crippen MR) is 141 cm³/mol. The maximum atomic E-state index is 8.97. The average Bonchev–Trinajstić information content (AvgIpc) is 3.39. The molecule has 0 aliphatic carbocycles. The summed E-state index contributed by atoms with van der Waals surface area (Å²) in [5.41, 5.74) is 4.16. The lowest BCUT2D eigenvalue weighted by molar-refractivity contribution is 0.309. The zero-order valence-corrected chi connectivity index (χ0v) is 19.0. The van der Waals surface area contributed by atoms with Gasteiger partial charge in [-0.05, 0) is 74.6 Å². The van der Waals surface area contributed by atoms with Crippen LogP contribution in [0, 0.1) is 17.9 Å². The van der Waals surface area contributed by atoms with Crippen molar-refractivity contribution in [1.82, 2.24) is 0 Å². The summed E-state index contributed by atoms with van der Waals surface area (Å²) in [5.74, 6) is 1.28. The minimum atomic E-state index is 0.0803. The molecule has 4 heteroatoms. The van der Waals surface area contributed by atoms with Crippen LogP contribution in [0.2, 0.25) is 0 Å². The second kappa shape index (κ2) is 9.43. The van der Waals surface area contributed by atoms with E-state index in [4.69, 9.17) is 21.0 Å². The van der Waals surface area contributed by atoms with E-state index in [2.05, 4.69) is 71.6 Å². The van der Waals surface area contributed by atoms with Crippen molar-refractivity contribution in [3.05, 3.63) is 119 Å². The first-order valence-electron chi connectivity index (χ1n) is 11.0. The van der Waals surface area contributed by atoms with Crippen molar-refractivity contribution in [1.29, 1.82) is 5.26 Å². The van der Waals surface area contributed by atoms with Gasteiger partial charge in [-0.3, -0.25) is 0 Å². The summed E-state index contributed by atoms with van der Waals surface area (Å²) in [6.07, 6.45) is 5.82. The summed E-state index contributed by atoms with van der Waals surface area (Å²) in [5, 5.41) is 13.4. The second-order valence-electron chi connectivity index (χ2n) is 8.10. The first-order chi connectivity index (χ1) is 17.1. The molecule has 0 aliphatic rings. The number of furan rings is 1. The van der Waals surface area contributed by atoms with E-state index in [1.54, 1.807) is 13.2 Å². The van der Waals surface area contributed by atoms with E-state index in [1.165, 1.54) is 0 Å². The summed E-state index contributed by atoms with van der Waals surface area (Å²) in [6.45, 7) is 7.03. The highest BCUT2D eigenvalue weighted by atomic mass is 16.6. The van der Waals surface area contributed by atoms with E-state index >= 15 is 0 Å². The third kappa shape index (κ3) is 4.69. The van der Waals surface area contributed by atoms with Crippen LogP contribution in [0.25, 0.3) is 55.9 Å². The molecule has 0 saturated heterocycles. The van der Waals surface area contributed by atoms with Crippen LogP contribution in [-0.4, -0.2) is 7.11 Å². The minimum absolute atomic E-state index is 0.0803. The van der Waals surface area contributed by atoms with Gasteiger partial charge in [-0.25, -0.2) is 10.1 Å². The SMILES string of the molecule is [C-]#[N+]/C(C#N)=C\c1ccc2cc(/C=C/c3ccc4cc(-c5ccc(OC)o5)ccc4c3)ccc2c1.